The summed E-state index contributed by atoms with van der Waals surface area (Å²) in [4.78, 5) is 13.9. The van der Waals surface area contributed by atoms with Gasteiger partial charge in [-0.25, -0.2) is 0 Å². The Bertz CT molecular complexity index is 409. The van der Waals surface area contributed by atoms with Crippen LogP contribution in [0, 0.1) is 6.92 Å². The van der Waals surface area contributed by atoms with Crippen molar-refractivity contribution >= 4 is 33.4 Å². The molecule has 18 heavy (non-hydrogen) atoms. The molecule has 2 nitrogen and oxygen atoms in total. The van der Waals surface area contributed by atoms with Crippen molar-refractivity contribution in [3.63, 3.8) is 0 Å². The van der Waals surface area contributed by atoms with E-state index in [2.05, 4.69) is 15.9 Å². The van der Waals surface area contributed by atoms with E-state index >= 15 is 0 Å². The second-order valence-electron chi connectivity index (χ2n) is 4.44. The average molecular weight is 333 g/mol. The van der Waals surface area contributed by atoms with Gasteiger partial charge in [-0.15, -0.1) is 0 Å². The van der Waals surface area contributed by atoms with Crippen LogP contribution >= 0.6 is 27.5 Å². The number of hydrogen-bond acceptors (Lipinski definition) is 1. The van der Waals surface area contributed by atoms with Crippen LogP contribution in [0.2, 0.25) is 5.02 Å². The zero-order chi connectivity index (χ0) is 13.5. The normalized spacial score (nSPS) is 10.4. The quantitative estimate of drug-likeness (QED) is 0.562. The molecule has 100 valence electrons. The van der Waals surface area contributed by atoms with Gasteiger partial charge in [0.1, 0.15) is 0 Å². The fraction of sp³-hybridized carbons (Fsp3) is 0.500. The van der Waals surface area contributed by atoms with Crippen LogP contribution in [0.15, 0.2) is 18.2 Å². The molecule has 0 atom stereocenters. The number of amides is 1. The number of aryl methyl sites for hydroxylation is 1. The van der Waals surface area contributed by atoms with Crippen molar-refractivity contribution in [3.8, 4) is 0 Å². The lowest BCUT2D eigenvalue weighted by Gasteiger charge is -2.17. The fourth-order valence-corrected chi connectivity index (χ4v) is 2.23. The first-order valence-corrected chi connectivity index (χ1v) is 7.63. The van der Waals surface area contributed by atoms with Crippen molar-refractivity contribution in [1.29, 1.82) is 0 Å². The first-order chi connectivity index (χ1) is 8.56. The Kier molecular flexibility index (Phi) is 6.72. The number of alkyl halides is 1. The molecule has 0 heterocycles. The molecule has 1 aromatic rings. The number of benzene rings is 1. The molecule has 1 amide bonds. The average Bonchev–Trinajstić information content (AvgIpc) is 2.37. The SMILES string of the molecule is Cc1cc(C(=O)N(C)CCCCCBr)ccc1Cl. The number of carbonyl (C=O) groups excluding carboxylic acids is 1. The molecule has 0 aliphatic carbocycles. The van der Waals surface area contributed by atoms with Gasteiger partial charge in [0.25, 0.3) is 5.91 Å². The van der Waals surface area contributed by atoms with Crippen LogP contribution < -0.4 is 0 Å². The van der Waals surface area contributed by atoms with Gasteiger partial charge >= 0.3 is 0 Å². The molecule has 0 fully saturated rings. The van der Waals surface area contributed by atoms with E-state index in [9.17, 15) is 4.79 Å². The Morgan fingerprint density at radius 2 is 2.06 bits per heavy atom. The Labute approximate surface area is 122 Å². The van der Waals surface area contributed by atoms with Crippen LogP contribution in [0.4, 0.5) is 0 Å². The maximum atomic E-state index is 12.1. The molecule has 0 bridgehead atoms. The van der Waals surface area contributed by atoms with Crippen molar-refractivity contribution in [2.24, 2.45) is 0 Å². The molecule has 0 saturated carbocycles. The van der Waals surface area contributed by atoms with E-state index in [1.54, 1.807) is 17.0 Å². The summed E-state index contributed by atoms with van der Waals surface area (Å²) in [7, 11) is 1.85. The highest BCUT2D eigenvalue weighted by atomic mass is 79.9. The Morgan fingerprint density at radius 3 is 2.67 bits per heavy atom. The molecule has 0 aliphatic rings. The van der Waals surface area contributed by atoms with Gasteiger partial charge in [-0.3, -0.25) is 4.79 Å². The maximum Gasteiger partial charge on any atom is 0.253 e. The molecule has 4 heteroatoms. The van der Waals surface area contributed by atoms with Gasteiger partial charge in [-0.1, -0.05) is 34.0 Å². The topological polar surface area (TPSA) is 20.3 Å². The van der Waals surface area contributed by atoms with Gasteiger partial charge in [0.05, 0.1) is 0 Å². The molecule has 1 aromatic carbocycles. The number of hydrogen-bond donors (Lipinski definition) is 0. The van der Waals surface area contributed by atoms with Gasteiger partial charge in [0, 0.05) is 29.5 Å². The minimum atomic E-state index is 0.0635. The van der Waals surface area contributed by atoms with Crippen LogP contribution in [0.25, 0.3) is 0 Å². The number of nitrogens with zero attached hydrogens (tertiary/aromatic N) is 1. The lowest BCUT2D eigenvalue weighted by molar-refractivity contribution is 0.0792. The summed E-state index contributed by atoms with van der Waals surface area (Å²) in [6.07, 6.45) is 3.34. The highest BCUT2D eigenvalue weighted by Crippen LogP contribution is 2.17. The van der Waals surface area contributed by atoms with E-state index in [-0.39, 0.29) is 5.91 Å². The number of unbranched alkanes of at least 4 members (excludes halogenated alkanes) is 2. The minimum absolute atomic E-state index is 0.0635. The van der Waals surface area contributed by atoms with Crippen molar-refractivity contribution in [2.45, 2.75) is 26.2 Å². The van der Waals surface area contributed by atoms with Crippen molar-refractivity contribution < 1.29 is 4.79 Å². The van der Waals surface area contributed by atoms with E-state index in [0.717, 1.165) is 36.7 Å². The van der Waals surface area contributed by atoms with Crippen molar-refractivity contribution in [3.05, 3.63) is 34.3 Å². The lowest BCUT2D eigenvalue weighted by Crippen LogP contribution is -2.27. The summed E-state index contributed by atoms with van der Waals surface area (Å²) in [5.41, 5.74) is 1.65. The van der Waals surface area contributed by atoms with Crippen LogP contribution in [0.5, 0.6) is 0 Å². The summed E-state index contributed by atoms with van der Waals surface area (Å²) < 4.78 is 0. The third-order valence-electron chi connectivity index (χ3n) is 2.88. The number of halogens is 2. The summed E-state index contributed by atoms with van der Waals surface area (Å²) in [6.45, 7) is 2.71. The van der Waals surface area contributed by atoms with Gasteiger partial charge in [-0.2, -0.15) is 0 Å². The fourth-order valence-electron chi connectivity index (χ4n) is 1.72. The maximum absolute atomic E-state index is 12.1. The molecule has 0 spiro atoms. The largest absolute Gasteiger partial charge is 0.342 e. The first-order valence-electron chi connectivity index (χ1n) is 6.14. The van der Waals surface area contributed by atoms with E-state index in [0.29, 0.717) is 10.6 Å². The van der Waals surface area contributed by atoms with Gasteiger partial charge in [0.15, 0.2) is 0 Å². The zero-order valence-electron chi connectivity index (χ0n) is 10.9. The Morgan fingerprint density at radius 1 is 1.33 bits per heavy atom. The molecule has 0 aliphatic heterocycles. The summed E-state index contributed by atoms with van der Waals surface area (Å²) in [5.74, 6) is 0.0635. The predicted octanol–water partition coefficient (Wildman–Crippen LogP) is 4.29. The van der Waals surface area contributed by atoms with Gasteiger partial charge < -0.3 is 4.90 Å². The summed E-state index contributed by atoms with van der Waals surface area (Å²) in [5, 5.41) is 1.73. The molecular formula is C14H19BrClNO. The van der Waals surface area contributed by atoms with Gasteiger partial charge in [0.2, 0.25) is 0 Å². The minimum Gasteiger partial charge on any atom is -0.342 e. The standard InChI is InChI=1S/C14H19BrClNO/c1-11-10-12(6-7-13(11)16)14(18)17(2)9-5-3-4-8-15/h6-7,10H,3-5,8-9H2,1-2H3. The second-order valence-corrected chi connectivity index (χ2v) is 5.64. The van der Waals surface area contributed by atoms with Crippen LogP contribution in [0.1, 0.15) is 35.2 Å². The van der Waals surface area contributed by atoms with Crippen molar-refractivity contribution in [1.82, 2.24) is 4.90 Å². The van der Waals surface area contributed by atoms with E-state index in [4.69, 9.17) is 11.6 Å². The highest BCUT2D eigenvalue weighted by Gasteiger charge is 2.11. The molecule has 0 N–H and O–H groups in total. The number of rotatable bonds is 6. The van der Waals surface area contributed by atoms with E-state index in [1.165, 1.54) is 0 Å². The zero-order valence-corrected chi connectivity index (χ0v) is 13.2. The molecule has 0 saturated heterocycles. The van der Waals surface area contributed by atoms with E-state index < -0.39 is 0 Å². The highest BCUT2D eigenvalue weighted by molar-refractivity contribution is 9.09. The van der Waals surface area contributed by atoms with Crippen LogP contribution in [-0.4, -0.2) is 29.7 Å². The Hall–Kier alpha value is -0.540. The summed E-state index contributed by atoms with van der Waals surface area (Å²) in [6, 6.07) is 5.41. The molecule has 1 rings (SSSR count). The van der Waals surface area contributed by atoms with Gasteiger partial charge in [-0.05, 0) is 43.5 Å². The predicted molar refractivity (Wildman–Crippen MR) is 80.8 cm³/mol. The number of carbonyl (C=O) groups is 1. The summed E-state index contributed by atoms with van der Waals surface area (Å²) >= 11 is 9.36. The monoisotopic (exact) mass is 331 g/mol. The molecule has 0 radical (unpaired) electrons. The third kappa shape index (κ3) is 4.62. The second kappa shape index (κ2) is 7.80. The smallest absolute Gasteiger partial charge is 0.253 e. The van der Waals surface area contributed by atoms with Crippen LogP contribution in [-0.2, 0) is 0 Å². The lowest BCUT2D eigenvalue weighted by atomic mass is 10.1. The van der Waals surface area contributed by atoms with Crippen molar-refractivity contribution in [2.75, 3.05) is 18.9 Å². The van der Waals surface area contributed by atoms with E-state index in [1.807, 2.05) is 20.0 Å². The molecule has 0 unspecified atom stereocenters. The van der Waals surface area contributed by atoms with Crippen LogP contribution in [0.3, 0.4) is 0 Å². The molecule has 0 aromatic heterocycles. The Balaban J connectivity index is 2.54. The molecular weight excluding hydrogens is 314 g/mol. The first kappa shape index (κ1) is 15.5. The third-order valence-corrected chi connectivity index (χ3v) is 3.86.